The Balaban J connectivity index is 1.60. The standard InChI is InChI=1S/C19H22N2O2S/c1-23-18(22)16-15(20)13-2-3-14(21-17(13)24-16)19-7-10-4-11(8-19)6-12(5-10)9-19/h2-3,10-12H,4-9,20H2,1H3. The van der Waals surface area contributed by atoms with Gasteiger partial charge in [0.15, 0.2) is 0 Å². The minimum absolute atomic E-state index is 0.271. The number of methoxy groups -OCH3 is 1. The highest BCUT2D eigenvalue weighted by Crippen LogP contribution is 2.60. The third-order valence-electron chi connectivity index (χ3n) is 6.55. The van der Waals surface area contributed by atoms with Crippen LogP contribution >= 0.6 is 11.3 Å². The number of hydrogen-bond acceptors (Lipinski definition) is 5. The maximum absolute atomic E-state index is 11.9. The average Bonchev–Trinajstić information content (AvgIpc) is 2.89. The Labute approximate surface area is 145 Å². The Morgan fingerprint density at radius 2 is 1.83 bits per heavy atom. The van der Waals surface area contributed by atoms with Crippen LogP contribution in [0.1, 0.15) is 53.9 Å². The van der Waals surface area contributed by atoms with E-state index >= 15 is 0 Å². The second kappa shape index (κ2) is 4.94. The predicted molar refractivity (Wildman–Crippen MR) is 95.2 cm³/mol. The van der Waals surface area contributed by atoms with Crippen molar-refractivity contribution in [2.45, 2.75) is 43.9 Å². The number of aromatic nitrogens is 1. The highest BCUT2D eigenvalue weighted by molar-refractivity contribution is 7.21. The first-order valence-corrected chi connectivity index (χ1v) is 9.67. The van der Waals surface area contributed by atoms with Gasteiger partial charge in [0.1, 0.15) is 9.71 Å². The SMILES string of the molecule is COC(=O)c1sc2nc(C34CC5CC(CC(C5)C3)C4)ccc2c1N. The number of carbonyl (C=O) groups is 1. The molecule has 0 aromatic carbocycles. The first-order valence-electron chi connectivity index (χ1n) is 8.86. The minimum Gasteiger partial charge on any atom is -0.465 e. The van der Waals surface area contributed by atoms with E-state index in [1.54, 1.807) is 0 Å². The number of carbonyl (C=O) groups excluding carboxylic acids is 1. The topological polar surface area (TPSA) is 65.2 Å². The highest BCUT2D eigenvalue weighted by Gasteiger charge is 2.52. The summed E-state index contributed by atoms with van der Waals surface area (Å²) in [5.41, 5.74) is 8.15. The van der Waals surface area contributed by atoms with Gasteiger partial charge in [-0.3, -0.25) is 0 Å². The molecule has 5 heteroatoms. The van der Waals surface area contributed by atoms with Gasteiger partial charge >= 0.3 is 5.97 Å². The summed E-state index contributed by atoms with van der Waals surface area (Å²) in [7, 11) is 1.39. The molecule has 4 aliphatic rings. The molecule has 2 aromatic rings. The number of anilines is 1. The minimum atomic E-state index is -0.369. The molecule has 2 N–H and O–H groups in total. The molecule has 4 fully saturated rings. The third-order valence-corrected chi connectivity index (χ3v) is 7.64. The molecular weight excluding hydrogens is 320 g/mol. The van der Waals surface area contributed by atoms with E-state index in [0.29, 0.717) is 10.6 Å². The molecule has 4 aliphatic carbocycles. The molecule has 0 atom stereocenters. The summed E-state index contributed by atoms with van der Waals surface area (Å²) in [4.78, 5) is 18.2. The lowest BCUT2D eigenvalue weighted by molar-refractivity contribution is -0.00704. The molecule has 24 heavy (non-hydrogen) atoms. The van der Waals surface area contributed by atoms with E-state index in [4.69, 9.17) is 15.5 Å². The van der Waals surface area contributed by atoms with Crippen molar-refractivity contribution in [3.05, 3.63) is 22.7 Å². The molecule has 0 amide bonds. The van der Waals surface area contributed by atoms with Crippen LogP contribution in [0.15, 0.2) is 12.1 Å². The fraction of sp³-hybridized carbons (Fsp3) is 0.579. The van der Waals surface area contributed by atoms with Crippen LogP contribution in [-0.2, 0) is 10.2 Å². The largest absolute Gasteiger partial charge is 0.465 e. The average molecular weight is 342 g/mol. The van der Waals surface area contributed by atoms with Gasteiger partial charge in [-0.1, -0.05) is 0 Å². The fourth-order valence-electron chi connectivity index (χ4n) is 5.96. The highest BCUT2D eigenvalue weighted by atomic mass is 32.1. The molecule has 4 bridgehead atoms. The van der Waals surface area contributed by atoms with Crippen LogP contribution in [-0.4, -0.2) is 18.1 Å². The monoisotopic (exact) mass is 342 g/mol. The molecule has 6 rings (SSSR count). The number of thiophene rings is 1. The Morgan fingerprint density at radius 1 is 1.21 bits per heavy atom. The molecule has 4 saturated carbocycles. The Hall–Kier alpha value is -1.62. The molecular formula is C19H22N2O2S. The normalized spacial score (nSPS) is 34.0. The lowest BCUT2D eigenvalue weighted by Gasteiger charge is -2.56. The van der Waals surface area contributed by atoms with E-state index in [2.05, 4.69) is 12.1 Å². The summed E-state index contributed by atoms with van der Waals surface area (Å²) in [6, 6.07) is 4.23. The van der Waals surface area contributed by atoms with Gasteiger partial charge in [-0.05, 0) is 68.4 Å². The van der Waals surface area contributed by atoms with E-state index < -0.39 is 0 Å². The van der Waals surface area contributed by atoms with Gasteiger partial charge in [0.05, 0.1) is 12.8 Å². The number of nitrogen functional groups attached to an aromatic ring is 1. The summed E-state index contributed by atoms with van der Waals surface area (Å²) >= 11 is 1.36. The van der Waals surface area contributed by atoms with E-state index in [-0.39, 0.29) is 11.4 Å². The number of rotatable bonds is 2. The van der Waals surface area contributed by atoms with E-state index in [9.17, 15) is 4.79 Å². The molecule has 2 heterocycles. The molecule has 0 spiro atoms. The number of nitrogens with two attached hydrogens (primary N) is 1. The lowest BCUT2D eigenvalue weighted by atomic mass is 9.49. The zero-order valence-corrected chi connectivity index (χ0v) is 14.7. The quantitative estimate of drug-likeness (QED) is 0.833. The third kappa shape index (κ3) is 1.97. The number of esters is 1. The summed E-state index contributed by atoms with van der Waals surface area (Å²) < 4.78 is 4.84. The van der Waals surface area contributed by atoms with Gasteiger partial charge in [-0.2, -0.15) is 0 Å². The van der Waals surface area contributed by atoms with Crippen molar-refractivity contribution in [3.63, 3.8) is 0 Å². The Kier molecular flexibility index (Phi) is 3.03. The first kappa shape index (κ1) is 14.7. The van der Waals surface area contributed by atoms with Gasteiger partial charge in [0, 0.05) is 16.5 Å². The van der Waals surface area contributed by atoms with Crippen LogP contribution in [0.25, 0.3) is 10.2 Å². The molecule has 0 saturated heterocycles. The van der Waals surface area contributed by atoms with Crippen molar-refractivity contribution in [3.8, 4) is 0 Å². The van der Waals surface area contributed by atoms with Crippen LogP contribution in [0.2, 0.25) is 0 Å². The van der Waals surface area contributed by atoms with Gasteiger partial charge in [-0.15, -0.1) is 11.3 Å². The molecule has 4 nitrogen and oxygen atoms in total. The maximum Gasteiger partial charge on any atom is 0.350 e. The van der Waals surface area contributed by atoms with Gasteiger partial charge in [0.25, 0.3) is 0 Å². The zero-order chi connectivity index (χ0) is 16.5. The summed E-state index contributed by atoms with van der Waals surface area (Å²) in [6.07, 6.45) is 8.17. The van der Waals surface area contributed by atoms with Crippen LogP contribution in [0.5, 0.6) is 0 Å². The van der Waals surface area contributed by atoms with Crippen LogP contribution in [0.4, 0.5) is 5.69 Å². The van der Waals surface area contributed by atoms with Crippen molar-refractivity contribution in [1.82, 2.24) is 4.98 Å². The van der Waals surface area contributed by atoms with Crippen molar-refractivity contribution in [1.29, 1.82) is 0 Å². The van der Waals surface area contributed by atoms with Gasteiger partial charge < -0.3 is 10.5 Å². The van der Waals surface area contributed by atoms with Crippen molar-refractivity contribution in [2.75, 3.05) is 12.8 Å². The molecule has 126 valence electrons. The van der Waals surface area contributed by atoms with E-state index in [0.717, 1.165) is 28.0 Å². The summed E-state index contributed by atoms with van der Waals surface area (Å²) in [5.74, 6) is 2.32. The predicted octanol–water partition coefficient (Wildman–Crippen LogP) is 4.13. The number of pyridine rings is 1. The Morgan fingerprint density at radius 3 is 2.42 bits per heavy atom. The smallest absolute Gasteiger partial charge is 0.350 e. The van der Waals surface area contributed by atoms with Crippen LogP contribution in [0, 0.1) is 17.8 Å². The van der Waals surface area contributed by atoms with E-state index in [1.165, 1.54) is 62.7 Å². The number of ether oxygens (including phenoxy) is 1. The second-order valence-corrected chi connectivity index (χ2v) is 9.08. The first-order chi connectivity index (χ1) is 11.6. The van der Waals surface area contributed by atoms with Gasteiger partial charge in [0.2, 0.25) is 0 Å². The molecule has 0 unspecified atom stereocenters. The zero-order valence-electron chi connectivity index (χ0n) is 13.9. The van der Waals surface area contributed by atoms with Gasteiger partial charge in [-0.25, -0.2) is 9.78 Å². The summed E-state index contributed by atoms with van der Waals surface area (Å²) in [6.45, 7) is 0. The number of fused-ring (bicyclic) bond motifs is 1. The van der Waals surface area contributed by atoms with Crippen molar-refractivity contribution in [2.24, 2.45) is 17.8 Å². The van der Waals surface area contributed by atoms with Crippen molar-refractivity contribution >= 4 is 33.2 Å². The van der Waals surface area contributed by atoms with Crippen molar-refractivity contribution < 1.29 is 9.53 Å². The lowest BCUT2D eigenvalue weighted by Crippen LogP contribution is -2.48. The molecule has 0 aliphatic heterocycles. The molecule has 2 aromatic heterocycles. The number of hydrogen-bond donors (Lipinski definition) is 1. The second-order valence-electron chi connectivity index (χ2n) is 8.08. The Bertz CT molecular complexity index is 806. The summed E-state index contributed by atoms with van der Waals surface area (Å²) in [5, 5.41) is 0.883. The van der Waals surface area contributed by atoms with E-state index in [1.807, 2.05) is 0 Å². The van der Waals surface area contributed by atoms with Crippen LogP contribution in [0.3, 0.4) is 0 Å². The molecule has 0 radical (unpaired) electrons. The maximum atomic E-state index is 11.9. The van der Waals surface area contributed by atoms with Crippen LogP contribution < -0.4 is 5.73 Å². The fourth-order valence-corrected chi connectivity index (χ4v) is 6.97. The number of nitrogens with zero attached hydrogens (tertiary/aromatic N) is 1.